The molecule has 0 saturated carbocycles. The molecular formula is C16H16N2O4. The molecule has 0 aliphatic carbocycles. The molecule has 0 bridgehead atoms. The molecule has 3 rings (SSSR count). The fourth-order valence-electron chi connectivity index (χ4n) is 2.28. The van der Waals surface area contributed by atoms with Gasteiger partial charge in [0.2, 0.25) is 0 Å². The predicted octanol–water partition coefficient (Wildman–Crippen LogP) is 2.52. The van der Waals surface area contributed by atoms with Gasteiger partial charge < -0.3 is 14.8 Å². The molecule has 0 radical (unpaired) electrons. The van der Waals surface area contributed by atoms with Crippen LogP contribution in [-0.2, 0) is 6.54 Å². The van der Waals surface area contributed by atoms with E-state index in [9.17, 15) is 10.1 Å². The fourth-order valence-corrected chi connectivity index (χ4v) is 2.28. The number of hydrogen-bond acceptors (Lipinski definition) is 5. The summed E-state index contributed by atoms with van der Waals surface area (Å²) in [6.07, 6.45) is -0.0482. The van der Waals surface area contributed by atoms with Crippen LogP contribution in [0.4, 0.5) is 5.69 Å². The number of hydrogen-bond donors (Lipinski definition) is 1. The standard InChI is InChI=1S/C16H16N2O4/c19-18(20)13-7-5-12(6-8-13)9-17-10-14-11-21-15-3-1-2-4-16(15)22-14/h1-8,14,17H,9-11H2/t14-/m1/s1. The van der Waals surface area contributed by atoms with E-state index in [-0.39, 0.29) is 11.8 Å². The lowest BCUT2D eigenvalue weighted by molar-refractivity contribution is -0.384. The molecule has 2 aromatic carbocycles. The molecule has 22 heavy (non-hydrogen) atoms. The van der Waals surface area contributed by atoms with Gasteiger partial charge in [0.05, 0.1) is 4.92 Å². The summed E-state index contributed by atoms with van der Waals surface area (Å²) in [4.78, 5) is 10.2. The molecule has 0 aromatic heterocycles. The molecule has 0 amide bonds. The number of nitrogens with zero attached hydrogens (tertiary/aromatic N) is 1. The molecule has 1 N–H and O–H groups in total. The molecule has 0 unspecified atom stereocenters. The van der Waals surface area contributed by atoms with Crippen molar-refractivity contribution in [1.29, 1.82) is 0 Å². The maximum atomic E-state index is 10.6. The van der Waals surface area contributed by atoms with Crippen molar-refractivity contribution < 1.29 is 14.4 Å². The Hall–Kier alpha value is -2.60. The van der Waals surface area contributed by atoms with Crippen LogP contribution in [0, 0.1) is 10.1 Å². The third kappa shape index (κ3) is 3.35. The van der Waals surface area contributed by atoms with E-state index in [1.807, 2.05) is 24.3 Å². The van der Waals surface area contributed by atoms with Crippen molar-refractivity contribution in [2.24, 2.45) is 0 Å². The average Bonchev–Trinajstić information content (AvgIpc) is 2.55. The van der Waals surface area contributed by atoms with Gasteiger partial charge >= 0.3 is 0 Å². The van der Waals surface area contributed by atoms with Crippen molar-refractivity contribution in [2.75, 3.05) is 13.2 Å². The minimum absolute atomic E-state index is 0.0482. The van der Waals surface area contributed by atoms with Gasteiger partial charge in [-0.2, -0.15) is 0 Å². The van der Waals surface area contributed by atoms with E-state index < -0.39 is 4.92 Å². The van der Waals surface area contributed by atoms with Crippen molar-refractivity contribution in [3.63, 3.8) is 0 Å². The molecule has 6 heteroatoms. The predicted molar refractivity (Wildman–Crippen MR) is 81.2 cm³/mol. The summed E-state index contributed by atoms with van der Waals surface area (Å²) >= 11 is 0. The largest absolute Gasteiger partial charge is 0.486 e. The van der Waals surface area contributed by atoms with Crippen LogP contribution in [0.5, 0.6) is 11.5 Å². The summed E-state index contributed by atoms with van der Waals surface area (Å²) in [5.74, 6) is 1.53. The van der Waals surface area contributed by atoms with Gasteiger partial charge in [0.1, 0.15) is 12.7 Å². The average molecular weight is 300 g/mol. The Bertz CT molecular complexity index is 657. The number of nitrogens with one attached hydrogen (secondary N) is 1. The highest BCUT2D eigenvalue weighted by atomic mass is 16.6. The van der Waals surface area contributed by atoms with E-state index in [1.165, 1.54) is 12.1 Å². The Morgan fingerprint density at radius 1 is 1.14 bits per heavy atom. The second-order valence-corrected chi connectivity index (χ2v) is 5.05. The van der Waals surface area contributed by atoms with Crippen molar-refractivity contribution in [3.05, 3.63) is 64.2 Å². The van der Waals surface area contributed by atoms with E-state index in [0.29, 0.717) is 19.7 Å². The van der Waals surface area contributed by atoms with Gasteiger partial charge in [-0.3, -0.25) is 10.1 Å². The first-order valence-corrected chi connectivity index (χ1v) is 7.05. The summed E-state index contributed by atoms with van der Waals surface area (Å²) in [6.45, 7) is 1.77. The fraction of sp³-hybridized carbons (Fsp3) is 0.250. The molecule has 1 aliphatic heterocycles. The highest BCUT2D eigenvalue weighted by Gasteiger charge is 2.19. The number of fused-ring (bicyclic) bond motifs is 1. The molecule has 114 valence electrons. The zero-order chi connectivity index (χ0) is 15.4. The summed E-state index contributed by atoms with van der Waals surface area (Å²) in [5, 5.41) is 13.9. The monoisotopic (exact) mass is 300 g/mol. The van der Waals surface area contributed by atoms with Gasteiger partial charge in [0, 0.05) is 25.2 Å². The van der Waals surface area contributed by atoms with Gasteiger partial charge in [-0.1, -0.05) is 24.3 Å². The van der Waals surface area contributed by atoms with E-state index in [4.69, 9.17) is 9.47 Å². The van der Waals surface area contributed by atoms with Gasteiger partial charge in [0.15, 0.2) is 11.5 Å². The molecule has 1 atom stereocenters. The molecule has 6 nitrogen and oxygen atoms in total. The maximum absolute atomic E-state index is 10.6. The van der Waals surface area contributed by atoms with Crippen LogP contribution in [0.15, 0.2) is 48.5 Å². The summed E-state index contributed by atoms with van der Waals surface area (Å²) < 4.78 is 11.5. The van der Waals surface area contributed by atoms with Crippen LogP contribution in [0.25, 0.3) is 0 Å². The summed E-state index contributed by atoms with van der Waals surface area (Å²) in [7, 11) is 0. The SMILES string of the molecule is O=[N+]([O-])c1ccc(CNC[C@@H]2COc3ccccc3O2)cc1. The number of non-ortho nitro benzene ring substituents is 1. The topological polar surface area (TPSA) is 73.6 Å². The van der Waals surface area contributed by atoms with E-state index in [0.717, 1.165) is 17.1 Å². The Morgan fingerprint density at radius 2 is 1.86 bits per heavy atom. The minimum atomic E-state index is -0.401. The normalized spacial score (nSPS) is 16.3. The first-order valence-electron chi connectivity index (χ1n) is 7.05. The number of rotatable bonds is 5. The molecule has 0 spiro atoms. The molecule has 0 saturated heterocycles. The van der Waals surface area contributed by atoms with Crippen LogP contribution in [0.2, 0.25) is 0 Å². The second kappa shape index (κ2) is 6.44. The number of ether oxygens (including phenoxy) is 2. The third-order valence-corrected chi connectivity index (χ3v) is 3.42. The number of nitro groups is 1. The first-order chi connectivity index (χ1) is 10.7. The molecule has 2 aromatic rings. The van der Waals surface area contributed by atoms with Gasteiger partial charge in [-0.15, -0.1) is 0 Å². The third-order valence-electron chi connectivity index (χ3n) is 3.42. The smallest absolute Gasteiger partial charge is 0.269 e. The highest BCUT2D eigenvalue weighted by Crippen LogP contribution is 2.30. The second-order valence-electron chi connectivity index (χ2n) is 5.05. The lowest BCUT2D eigenvalue weighted by atomic mass is 10.2. The molecule has 0 fully saturated rings. The number of benzene rings is 2. The number of para-hydroxylation sites is 2. The van der Waals surface area contributed by atoms with Crippen LogP contribution in [0.1, 0.15) is 5.56 Å². The number of nitro benzene ring substituents is 1. The van der Waals surface area contributed by atoms with Gasteiger partial charge in [0.25, 0.3) is 5.69 Å². The Morgan fingerprint density at radius 3 is 2.59 bits per heavy atom. The zero-order valence-electron chi connectivity index (χ0n) is 11.9. The van der Waals surface area contributed by atoms with Crippen LogP contribution >= 0.6 is 0 Å². The summed E-state index contributed by atoms with van der Waals surface area (Å²) in [6, 6.07) is 14.1. The van der Waals surface area contributed by atoms with Crippen molar-refractivity contribution >= 4 is 5.69 Å². The van der Waals surface area contributed by atoms with E-state index in [1.54, 1.807) is 12.1 Å². The highest BCUT2D eigenvalue weighted by molar-refractivity contribution is 5.40. The van der Waals surface area contributed by atoms with Crippen LogP contribution < -0.4 is 14.8 Å². The van der Waals surface area contributed by atoms with E-state index in [2.05, 4.69) is 5.32 Å². The minimum Gasteiger partial charge on any atom is -0.486 e. The molecule has 1 heterocycles. The van der Waals surface area contributed by atoms with Crippen molar-refractivity contribution in [3.8, 4) is 11.5 Å². The Balaban J connectivity index is 1.49. The zero-order valence-corrected chi connectivity index (χ0v) is 11.9. The van der Waals surface area contributed by atoms with Crippen LogP contribution in [0.3, 0.4) is 0 Å². The Kier molecular flexibility index (Phi) is 4.20. The quantitative estimate of drug-likeness (QED) is 0.678. The lowest BCUT2D eigenvalue weighted by Crippen LogP contribution is -2.38. The summed E-state index contributed by atoms with van der Waals surface area (Å²) in [5.41, 5.74) is 1.09. The van der Waals surface area contributed by atoms with Gasteiger partial charge in [-0.05, 0) is 17.7 Å². The molecule has 1 aliphatic rings. The van der Waals surface area contributed by atoms with Crippen molar-refractivity contribution in [1.82, 2.24) is 5.32 Å². The first kappa shape index (κ1) is 14.3. The molecular weight excluding hydrogens is 284 g/mol. The van der Waals surface area contributed by atoms with Gasteiger partial charge in [-0.25, -0.2) is 0 Å². The van der Waals surface area contributed by atoms with Crippen LogP contribution in [-0.4, -0.2) is 24.2 Å². The maximum Gasteiger partial charge on any atom is 0.269 e. The Labute approximate surface area is 127 Å². The lowest BCUT2D eigenvalue weighted by Gasteiger charge is -2.26. The van der Waals surface area contributed by atoms with Crippen molar-refractivity contribution in [2.45, 2.75) is 12.6 Å². The van der Waals surface area contributed by atoms with E-state index >= 15 is 0 Å².